The van der Waals surface area contributed by atoms with Crippen molar-refractivity contribution in [2.45, 2.75) is 32.1 Å². The van der Waals surface area contributed by atoms with E-state index in [1.165, 1.54) is 39.6 Å². The van der Waals surface area contributed by atoms with Crippen LogP contribution in [0.4, 0.5) is 5.95 Å². The first-order valence-electron chi connectivity index (χ1n) is 11.3. The maximum atomic E-state index is 13.6. The summed E-state index contributed by atoms with van der Waals surface area (Å²) >= 11 is 1.50. The predicted molar refractivity (Wildman–Crippen MR) is 141 cm³/mol. The van der Waals surface area contributed by atoms with Gasteiger partial charge >= 0.3 is 0 Å². The SMILES string of the molecule is COc1cccc(OC)c1-n1c(NS(=O)(=O)C(C)[C@H](OC)c2ncc(C)cn2)nnc1-c1ccc(C)s1. The number of thiophene rings is 1. The van der Waals surface area contributed by atoms with Gasteiger partial charge in [-0.1, -0.05) is 6.07 Å². The van der Waals surface area contributed by atoms with Gasteiger partial charge in [0.25, 0.3) is 0 Å². The van der Waals surface area contributed by atoms with Crippen LogP contribution in [0.1, 0.15) is 29.3 Å². The van der Waals surface area contributed by atoms with Gasteiger partial charge in [0.05, 0.1) is 19.1 Å². The zero-order chi connectivity index (χ0) is 26.7. The molecule has 0 aliphatic rings. The molecule has 0 fully saturated rings. The van der Waals surface area contributed by atoms with E-state index in [9.17, 15) is 8.42 Å². The Hall–Kier alpha value is -3.55. The van der Waals surface area contributed by atoms with Crippen molar-refractivity contribution in [2.75, 3.05) is 26.1 Å². The summed E-state index contributed by atoms with van der Waals surface area (Å²) in [6, 6.07) is 9.13. The molecule has 0 aliphatic carbocycles. The Morgan fingerprint density at radius 3 is 2.16 bits per heavy atom. The number of nitrogens with zero attached hydrogens (tertiary/aromatic N) is 5. The molecule has 196 valence electrons. The third-order valence-corrected chi connectivity index (χ3v) is 8.40. The van der Waals surface area contributed by atoms with Gasteiger partial charge < -0.3 is 14.2 Å². The number of anilines is 1. The monoisotopic (exact) mass is 544 g/mol. The van der Waals surface area contributed by atoms with Crippen LogP contribution in [-0.2, 0) is 14.8 Å². The zero-order valence-electron chi connectivity index (χ0n) is 21.3. The number of ether oxygens (including phenoxy) is 3. The van der Waals surface area contributed by atoms with Gasteiger partial charge in [-0.3, -0.25) is 9.29 Å². The van der Waals surface area contributed by atoms with Crippen LogP contribution in [0.5, 0.6) is 11.5 Å². The molecule has 0 saturated carbocycles. The molecule has 0 amide bonds. The molecule has 3 aromatic heterocycles. The largest absolute Gasteiger partial charge is 0.494 e. The first-order chi connectivity index (χ1) is 17.7. The van der Waals surface area contributed by atoms with Gasteiger partial charge in [-0.2, -0.15) is 0 Å². The van der Waals surface area contributed by atoms with Crippen molar-refractivity contribution in [3.8, 4) is 27.9 Å². The molecule has 0 aliphatic heterocycles. The fraction of sp³-hybridized carbons (Fsp3) is 0.333. The summed E-state index contributed by atoms with van der Waals surface area (Å²) in [4.78, 5) is 10.4. The lowest BCUT2D eigenvalue weighted by Crippen LogP contribution is -2.33. The first-order valence-corrected chi connectivity index (χ1v) is 13.6. The molecule has 1 aromatic carbocycles. The second-order valence-electron chi connectivity index (χ2n) is 8.23. The number of sulfonamides is 1. The van der Waals surface area contributed by atoms with Crippen LogP contribution in [-0.4, -0.2) is 59.7 Å². The minimum atomic E-state index is -4.07. The maximum absolute atomic E-state index is 13.6. The fourth-order valence-electron chi connectivity index (χ4n) is 3.77. The second-order valence-corrected chi connectivity index (χ2v) is 11.6. The molecule has 37 heavy (non-hydrogen) atoms. The fourth-order valence-corrected chi connectivity index (χ4v) is 5.74. The number of aromatic nitrogens is 5. The van der Waals surface area contributed by atoms with Crippen LogP contribution < -0.4 is 14.2 Å². The molecular formula is C24H28N6O5S2. The molecule has 3 heterocycles. The summed E-state index contributed by atoms with van der Waals surface area (Å²) in [5, 5.41) is 7.47. The van der Waals surface area contributed by atoms with Gasteiger partial charge in [0.15, 0.2) is 11.6 Å². The van der Waals surface area contributed by atoms with Gasteiger partial charge in [0.2, 0.25) is 16.0 Å². The summed E-state index contributed by atoms with van der Waals surface area (Å²) in [5.41, 5.74) is 1.30. The highest BCUT2D eigenvalue weighted by Crippen LogP contribution is 2.39. The summed E-state index contributed by atoms with van der Waals surface area (Å²) in [6.07, 6.45) is 2.30. The molecule has 4 aromatic rings. The Labute approximate surface area is 219 Å². The lowest BCUT2D eigenvalue weighted by atomic mass is 10.2. The first kappa shape index (κ1) is 26.5. The number of rotatable bonds is 10. The van der Waals surface area contributed by atoms with Gasteiger partial charge in [-0.15, -0.1) is 21.5 Å². The third-order valence-electron chi connectivity index (χ3n) is 5.71. The van der Waals surface area contributed by atoms with Crippen LogP contribution in [0.2, 0.25) is 0 Å². The molecule has 1 N–H and O–H groups in total. The van der Waals surface area contributed by atoms with E-state index < -0.39 is 21.4 Å². The van der Waals surface area contributed by atoms with Crippen LogP contribution in [0.25, 0.3) is 16.4 Å². The Kier molecular flexibility index (Phi) is 7.76. The molecule has 1 unspecified atom stereocenters. The number of aryl methyl sites for hydroxylation is 2. The topological polar surface area (TPSA) is 130 Å². The normalized spacial score (nSPS) is 13.2. The van der Waals surface area contributed by atoms with Crippen LogP contribution in [0, 0.1) is 13.8 Å². The molecule has 0 saturated heterocycles. The summed E-state index contributed by atoms with van der Waals surface area (Å²) in [5.74, 6) is 1.55. The Bertz CT molecular complexity index is 1460. The van der Waals surface area contributed by atoms with Gasteiger partial charge in [-0.25, -0.2) is 18.4 Å². The number of hydrogen-bond acceptors (Lipinski definition) is 10. The highest BCUT2D eigenvalue weighted by atomic mass is 32.2. The van der Waals surface area contributed by atoms with Crippen molar-refractivity contribution in [1.82, 2.24) is 24.7 Å². The van der Waals surface area contributed by atoms with Crippen molar-refractivity contribution in [1.29, 1.82) is 0 Å². The Morgan fingerprint density at radius 1 is 0.973 bits per heavy atom. The van der Waals surface area contributed by atoms with E-state index in [1.807, 2.05) is 26.0 Å². The van der Waals surface area contributed by atoms with E-state index in [2.05, 4.69) is 24.9 Å². The minimum absolute atomic E-state index is 0.0321. The number of nitrogens with one attached hydrogen (secondary N) is 1. The van der Waals surface area contributed by atoms with Crippen LogP contribution >= 0.6 is 11.3 Å². The quantitative estimate of drug-likeness (QED) is 0.315. The van der Waals surface area contributed by atoms with Crippen LogP contribution in [0.3, 0.4) is 0 Å². The standard InChI is InChI=1S/C24H28N6O5S2/c1-14-12-25-22(26-13-14)21(35-6)16(3)37(31,32)29-24-28-27-23(19-11-10-15(2)36-19)30(24)20-17(33-4)8-7-9-18(20)34-5/h7-13,16,21H,1-6H3,(H,28,29)/t16?,21-/m0/s1. The second kappa shape index (κ2) is 10.8. The Balaban J connectivity index is 1.82. The number of hydrogen-bond donors (Lipinski definition) is 1. The van der Waals surface area contributed by atoms with E-state index in [0.29, 0.717) is 23.0 Å². The van der Waals surface area contributed by atoms with Gasteiger partial charge in [0, 0.05) is 24.4 Å². The Morgan fingerprint density at radius 2 is 1.62 bits per heavy atom. The average molecular weight is 545 g/mol. The molecule has 11 nitrogen and oxygen atoms in total. The predicted octanol–water partition coefficient (Wildman–Crippen LogP) is 3.94. The van der Waals surface area contributed by atoms with Crippen molar-refractivity contribution < 1.29 is 22.6 Å². The summed E-state index contributed by atoms with van der Waals surface area (Å²) < 4.78 is 48.1. The number of benzene rings is 1. The van der Waals surface area contributed by atoms with Crippen molar-refractivity contribution >= 4 is 27.3 Å². The highest BCUT2D eigenvalue weighted by molar-refractivity contribution is 7.93. The molecular weight excluding hydrogens is 516 g/mol. The van der Waals surface area contributed by atoms with E-state index >= 15 is 0 Å². The average Bonchev–Trinajstić information content (AvgIpc) is 3.50. The molecule has 0 radical (unpaired) electrons. The van der Waals surface area contributed by atoms with Gasteiger partial charge in [0.1, 0.15) is 28.5 Å². The molecule has 0 spiro atoms. The van der Waals surface area contributed by atoms with Gasteiger partial charge in [-0.05, 0) is 50.6 Å². The van der Waals surface area contributed by atoms with Crippen molar-refractivity contribution in [3.63, 3.8) is 0 Å². The maximum Gasteiger partial charge on any atom is 0.243 e. The molecule has 0 bridgehead atoms. The lowest BCUT2D eigenvalue weighted by molar-refractivity contribution is 0.0949. The van der Waals surface area contributed by atoms with E-state index in [0.717, 1.165) is 15.3 Å². The van der Waals surface area contributed by atoms with Crippen LogP contribution in [0.15, 0.2) is 42.7 Å². The highest BCUT2D eigenvalue weighted by Gasteiger charge is 2.35. The van der Waals surface area contributed by atoms with E-state index in [-0.39, 0.29) is 11.8 Å². The van der Waals surface area contributed by atoms with E-state index in [4.69, 9.17) is 14.2 Å². The van der Waals surface area contributed by atoms with Crippen molar-refractivity contribution in [2.24, 2.45) is 0 Å². The molecule has 13 heteroatoms. The number of para-hydroxylation sites is 1. The summed E-state index contributed by atoms with van der Waals surface area (Å²) in [6.45, 7) is 5.34. The third kappa shape index (κ3) is 5.29. The smallest absolute Gasteiger partial charge is 0.243 e. The number of methoxy groups -OCH3 is 3. The lowest BCUT2D eigenvalue weighted by Gasteiger charge is -2.22. The molecule has 2 atom stereocenters. The minimum Gasteiger partial charge on any atom is -0.494 e. The molecule has 4 rings (SSSR count). The van der Waals surface area contributed by atoms with Crippen molar-refractivity contribution in [3.05, 3.63) is 59.0 Å². The zero-order valence-corrected chi connectivity index (χ0v) is 22.9. The van der Waals surface area contributed by atoms with E-state index in [1.54, 1.807) is 35.2 Å². The summed E-state index contributed by atoms with van der Waals surface area (Å²) in [7, 11) is 0.387.